The first-order valence-electron chi connectivity index (χ1n) is 10.7. The van der Waals surface area contributed by atoms with Gasteiger partial charge in [-0.05, 0) is 48.9 Å². The molecule has 0 atom stereocenters. The Morgan fingerprint density at radius 3 is 2.60 bits per heavy atom. The van der Waals surface area contributed by atoms with Crippen LogP contribution in [0.1, 0.15) is 42.0 Å². The highest BCUT2D eigenvalue weighted by Gasteiger charge is 2.27. The van der Waals surface area contributed by atoms with E-state index in [9.17, 15) is 4.79 Å². The summed E-state index contributed by atoms with van der Waals surface area (Å²) in [6, 6.07) is 16.3. The van der Waals surface area contributed by atoms with Crippen LogP contribution >= 0.6 is 0 Å². The molecule has 0 spiro atoms. The van der Waals surface area contributed by atoms with E-state index in [0.29, 0.717) is 18.8 Å². The van der Waals surface area contributed by atoms with Crippen LogP contribution in [0.2, 0.25) is 0 Å². The monoisotopic (exact) mass is 403 g/mol. The maximum Gasteiger partial charge on any atom is 0.222 e. The third-order valence-electron chi connectivity index (χ3n) is 6.16. The summed E-state index contributed by atoms with van der Waals surface area (Å²) in [5, 5.41) is 7.57. The minimum absolute atomic E-state index is 0.225. The van der Waals surface area contributed by atoms with Gasteiger partial charge in [-0.15, -0.1) is 0 Å². The summed E-state index contributed by atoms with van der Waals surface area (Å²) in [4.78, 5) is 14.8. The molecule has 0 aliphatic carbocycles. The van der Waals surface area contributed by atoms with Gasteiger partial charge in [-0.25, -0.2) is 0 Å². The van der Waals surface area contributed by atoms with Crippen LogP contribution in [0.4, 0.5) is 0 Å². The second kappa shape index (κ2) is 9.16. The van der Waals surface area contributed by atoms with E-state index in [1.54, 1.807) is 7.11 Å². The molecular formula is C25H29N3O2. The van der Waals surface area contributed by atoms with E-state index in [2.05, 4.69) is 41.4 Å². The number of aromatic amines is 1. The van der Waals surface area contributed by atoms with E-state index in [-0.39, 0.29) is 5.91 Å². The predicted molar refractivity (Wildman–Crippen MR) is 119 cm³/mol. The topological polar surface area (TPSA) is 58.2 Å². The first-order chi connectivity index (χ1) is 14.7. The highest BCUT2D eigenvalue weighted by atomic mass is 16.5. The van der Waals surface area contributed by atoms with Crippen LogP contribution in [0.15, 0.2) is 54.7 Å². The van der Waals surface area contributed by atoms with E-state index in [0.717, 1.165) is 37.2 Å². The minimum atomic E-state index is 0.225. The van der Waals surface area contributed by atoms with Gasteiger partial charge in [0.2, 0.25) is 5.91 Å². The predicted octanol–water partition coefficient (Wildman–Crippen LogP) is 4.73. The Kier molecular flexibility index (Phi) is 6.17. The zero-order valence-corrected chi connectivity index (χ0v) is 17.7. The van der Waals surface area contributed by atoms with Gasteiger partial charge >= 0.3 is 0 Å². The molecule has 1 saturated heterocycles. The molecule has 0 radical (unpaired) electrons. The third-order valence-corrected chi connectivity index (χ3v) is 6.16. The Labute approximate surface area is 178 Å². The summed E-state index contributed by atoms with van der Waals surface area (Å²) in [6.45, 7) is 3.72. The van der Waals surface area contributed by atoms with Crippen LogP contribution in [0.5, 0.6) is 5.75 Å². The number of H-pyrrole nitrogens is 1. The average Bonchev–Trinajstić information content (AvgIpc) is 3.27. The van der Waals surface area contributed by atoms with Crippen molar-refractivity contribution in [3.8, 4) is 16.9 Å². The fourth-order valence-electron chi connectivity index (χ4n) is 4.42. The first kappa shape index (κ1) is 20.2. The van der Waals surface area contributed by atoms with Crippen molar-refractivity contribution in [1.29, 1.82) is 0 Å². The molecule has 0 unspecified atom stereocenters. The molecule has 30 heavy (non-hydrogen) atoms. The van der Waals surface area contributed by atoms with Crippen molar-refractivity contribution in [2.24, 2.45) is 0 Å². The number of aryl methyl sites for hydroxylation is 2. The number of hydrogen-bond donors (Lipinski definition) is 1. The molecule has 1 amide bonds. The molecular weight excluding hydrogens is 374 g/mol. The third kappa shape index (κ3) is 4.25. The number of para-hydroxylation sites is 1. The fourth-order valence-corrected chi connectivity index (χ4v) is 4.42. The molecule has 0 saturated carbocycles. The van der Waals surface area contributed by atoms with Crippen molar-refractivity contribution >= 4 is 5.91 Å². The molecule has 2 aromatic carbocycles. The Morgan fingerprint density at radius 2 is 1.83 bits per heavy atom. The van der Waals surface area contributed by atoms with E-state index in [4.69, 9.17) is 4.74 Å². The van der Waals surface area contributed by atoms with E-state index < -0.39 is 0 Å². The molecule has 1 fully saturated rings. The van der Waals surface area contributed by atoms with Gasteiger partial charge in [0, 0.05) is 36.7 Å². The lowest BCUT2D eigenvalue weighted by atomic mass is 9.88. The van der Waals surface area contributed by atoms with Crippen molar-refractivity contribution < 1.29 is 9.53 Å². The van der Waals surface area contributed by atoms with Gasteiger partial charge in [0.25, 0.3) is 0 Å². The van der Waals surface area contributed by atoms with Crippen molar-refractivity contribution in [2.75, 3.05) is 20.2 Å². The summed E-state index contributed by atoms with van der Waals surface area (Å²) < 4.78 is 5.40. The number of piperidine rings is 1. The lowest BCUT2D eigenvalue weighted by molar-refractivity contribution is -0.132. The number of aromatic nitrogens is 2. The summed E-state index contributed by atoms with van der Waals surface area (Å²) in [5.74, 6) is 1.48. The number of carbonyl (C=O) groups excluding carboxylic acids is 1. The van der Waals surface area contributed by atoms with Gasteiger partial charge in [-0.3, -0.25) is 9.89 Å². The molecule has 5 nitrogen and oxygen atoms in total. The van der Waals surface area contributed by atoms with Gasteiger partial charge in [0.15, 0.2) is 0 Å². The highest BCUT2D eigenvalue weighted by Crippen LogP contribution is 2.35. The van der Waals surface area contributed by atoms with Crippen molar-refractivity contribution in [1.82, 2.24) is 15.1 Å². The number of hydrogen-bond acceptors (Lipinski definition) is 3. The van der Waals surface area contributed by atoms with Crippen LogP contribution in [0.25, 0.3) is 11.1 Å². The van der Waals surface area contributed by atoms with Gasteiger partial charge in [-0.1, -0.05) is 42.5 Å². The quantitative estimate of drug-likeness (QED) is 0.647. The number of ether oxygens (including phenoxy) is 1. The Hall–Kier alpha value is -3.08. The van der Waals surface area contributed by atoms with Crippen LogP contribution in [0, 0.1) is 6.92 Å². The Bertz CT molecular complexity index is 1000. The maximum absolute atomic E-state index is 12.8. The molecule has 1 aliphatic heterocycles. The number of nitrogens with one attached hydrogen (secondary N) is 1. The maximum atomic E-state index is 12.8. The van der Waals surface area contributed by atoms with Crippen molar-refractivity contribution in [3.05, 3.63) is 71.5 Å². The molecule has 1 aromatic heterocycles. The van der Waals surface area contributed by atoms with Crippen molar-refractivity contribution in [3.63, 3.8) is 0 Å². The Balaban J connectivity index is 1.36. The number of likely N-dealkylation sites (tertiary alicyclic amines) is 1. The second-order valence-corrected chi connectivity index (χ2v) is 7.98. The zero-order valence-electron chi connectivity index (χ0n) is 17.7. The van der Waals surface area contributed by atoms with Gasteiger partial charge in [0.1, 0.15) is 5.75 Å². The Morgan fingerprint density at radius 1 is 1.10 bits per heavy atom. The minimum Gasteiger partial charge on any atom is -0.496 e. The SMILES string of the molecule is COc1ccccc1CCC(=O)N1CCC(c2[nH]ncc2-c2ccccc2C)CC1. The van der Waals surface area contributed by atoms with E-state index in [1.165, 1.54) is 22.4 Å². The summed E-state index contributed by atoms with van der Waals surface area (Å²) in [5.41, 5.74) is 5.96. The number of methoxy groups -OCH3 is 1. The van der Waals surface area contributed by atoms with Crippen LogP contribution in [-0.2, 0) is 11.2 Å². The normalized spacial score (nSPS) is 14.7. The molecule has 1 N–H and O–H groups in total. The number of rotatable bonds is 6. The number of amides is 1. The summed E-state index contributed by atoms with van der Waals surface area (Å²) in [7, 11) is 1.67. The van der Waals surface area contributed by atoms with Crippen LogP contribution < -0.4 is 4.74 Å². The molecule has 2 heterocycles. The van der Waals surface area contributed by atoms with Crippen molar-refractivity contribution in [2.45, 2.75) is 38.5 Å². The standard InChI is InChI=1S/C25H29N3O2/c1-18-7-3-5-9-21(18)22-17-26-27-25(22)20-13-15-28(16-14-20)24(29)12-11-19-8-4-6-10-23(19)30-2/h3-10,17,20H,11-16H2,1-2H3,(H,26,27). The lowest BCUT2D eigenvalue weighted by Gasteiger charge is -2.32. The first-order valence-corrected chi connectivity index (χ1v) is 10.7. The molecule has 5 heteroatoms. The highest BCUT2D eigenvalue weighted by molar-refractivity contribution is 5.76. The van der Waals surface area contributed by atoms with Crippen LogP contribution in [-0.4, -0.2) is 41.2 Å². The van der Waals surface area contributed by atoms with Crippen LogP contribution in [0.3, 0.4) is 0 Å². The van der Waals surface area contributed by atoms with Gasteiger partial charge < -0.3 is 9.64 Å². The molecule has 0 bridgehead atoms. The zero-order chi connectivity index (χ0) is 20.9. The molecule has 1 aliphatic rings. The van der Waals surface area contributed by atoms with Gasteiger partial charge in [-0.2, -0.15) is 5.10 Å². The summed E-state index contributed by atoms with van der Waals surface area (Å²) >= 11 is 0. The molecule has 4 rings (SSSR count). The molecule has 3 aromatic rings. The second-order valence-electron chi connectivity index (χ2n) is 7.98. The smallest absolute Gasteiger partial charge is 0.222 e. The van der Waals surface area contributed by atoms with E-state index >= 15 is 0 Å². The molecule has 156 valence electrons. The number of benzene rings is 2. The average molecular weight is 404 g/mol. The fraction of sp³-hybridized carbons (Fsp3) is 0.360. The summed E-state index contributed by atoms with van der Waals surface area (Å²) in [6.07, 6.45) is 5.08. The lowest BCUT2D eigenvalue weighted by Crippen LogP contribution is -2.38. The number of nitrogens with zero attached hydrogens (tertiary/aromatic N) is 2. The number of carbonyl (C=O) groups is 1. The van der Waals surface area contributed by atoms with E-state index in [1.807, 2.05) is 35.4 Å². The van der Waals surface area contributed by atoms with Gasteiger partial charge in [0.05, 0.1) is 13.3 Å². The largest absolute Gasteiger partial charge is 0.496 e.